The molecule has 0 bridgehead atoms. The van der Waals surface area contributed by atoms with E-state index in [9.17, 15) is 0 Å². The third-order valence-corrected chi connectivity index (χ3v) is 3.44. The van der Waals surface area contributed by atoms with Gasteiger partial charge in [-0.15, -0.1) is 0 Å². The minimum atomic E-state index is 0.0292. The Kier molecular flexibility index (Phi) is 19.0. The second-order valence-corrected chi connectivity index (χ2v) is 6.29. The lowest BCUT2D eigenvalue weighted by molar-refractivity contribution is 0.328. The Morgan fingerprint density at radius 2 is 1.86 bits per heavy atom. The fourth-order valence-corrected chi connectivity index (χ4v) is 1.66. The Morgan fingerprint density at radius 1 is 1.21 bits per heavy atom. The van der Waals surface area contributed by atoms with Crippen LogP contribution in [0.25, 0.3) is 6.08 Å². The van der Waals surface area contributed by atoms with Crippen LogP contribution in [-0.2, 0) is 4.74 Å². The molecule has 0 aromatic carbocycles. The van der Waals surface area contributed by atoms with Gasteiger partial charge in [0.15, 0.2) is 5.96 Å². The first-order valence-electron chi connectivity index (χ1n) is 9.96. The minimum Gasteiger partial charge on any atom is -0.468 e. The van der Waals surface area contributed by atoms with Crippen LogP contribution in [-0.4, -0.2) is 10.9 Å². The molecule has 0 aliphatic heterocycles. The van der Waals surface area contributed by atoms with Crippen molar-refractivity contribution in [3.8, 4) is 0 Å². The van der Waals surface area contributed by atoms with Gasteiger partial charge in [-0.2, -0.15) is 0 Å². The summed E-state index contributed by atoms with van der Waals surface area (Å²) in [6.45, 7) is 16.1. The van der Waals surface area contributed by atoms with E-state index in [2.05, 4.69) is 50.3 Å². The molecule has 0 radical (unpaired) electrons. The number of hydrogen-bond acceptors (Lipinski definition) is 3. The SMILES string of the molecule is C/C=C\c1cnccc1C.C=C(CCCC)O/C=C(\C)N=C(N)N.CCCC. The molecule has 158 valence electrons. The van der Waals surface area contributed by atoms with Crippen LogP contribution >= 0.6 is 0 Å². The Hall–Kier alpha value is -2.56. The van der Waals surface area contributed by atoms with Crippen LogP contribution in [0, 0.1) is 6.92 Å². The molecule has 5 heteroatoms. The van der Waals surface area contributed by atoms with E-state index in [1.807, 2.05) is 31.5 Å². The lowest BCUT2D eigenvalue weighted by Crippen LogP contribution is -2.22. The second kappa shape index (κ2) is 19.2. The molecule has 0 aliphatic rings. The third-order valence-electron chi connectivity index (χ3n) is 3.44. The zero-order chi connectivity index (χ0) is 21.8. The molecule has 4 N–H and O–H groups in total. The van der Waals surface area contributed by atoms with Crippen LogP contribution in [0.15, 0.2) is 53.8 Å². The van der Waals surface area contributed by atoms with Crippen molar-refractivity contribution in [3.05, 3.63) is 60.0 Å². The van der Waals surface area contributed by atoms with Crippen LogP contribution in [0.4, 0.5) is 0 Å². The predicted octanol–water partition coefficient (Wildman–Crippen LogP) is 6.07. The number of aliphatic imine (C=N–C) groups is 1. The van der Waals surface area contributed by atoms with Crippen molar-refractivity contribution in [2.24, 2.45) is 16.5 Å². The molecule has 1 heterocycles. The summed E-state index contributed by atoms with van der Waals surface area (Å²) in [5.41, 5.74) is 13.5. The lowest BCUT2D eigenvalue weighted by atomic mass is 10.1. The first-order valence-corrected chi connectivity index (χ1v) is 9.96. The van der Waals surface area contributed by atoms with Crippen LogP contribution in [0.2, 0.25) is 0 Å². The maximum Gasteiger partial charge on any atom is 0.190 e. The van der Waals surface area contributed by atoms with Gasteiger partial charge in [-0.25, -0.2) is 4.99 Å². The van der Waals surface area contributed by atoms with Gasteiger partial charge in [-0.1, -0.05) is 58.8 Å². The fraction of sp³-hybridized carbons (Fsp3) is 0.478. The van der Waals surface area contributed by atoms with Crippen molar-refractivity contribution >= 4 is 12.0 Å². The van der Waals surface area contributed by atoms with Gasteiger partial charge < -0.3 is 16.2 Å². The number of nitrogens with zero attached hydrogens (tertiary/aromatic N) is 2. The summed E-state index contributed by atoms with van der Waals surface area (Å²) >= 11 is 0. The Morgan fingerprint density at radius 3 is 2.32 bits per heavy atom. The Balaban J connectivity index is 0. The summed E-state index contributed by atoms with van der Waals surface area (Å²) in [5.74, 6) is 0.763. The third kappa shape index (κ3) is 18.2. The summed E-state index contributed by atoms with van der Waals surface area (Å²) in [4.78, 5) is 7.81. The first-order chi connectivity index (χ1) is 13.3. The summed E-state index contributed by atoms with van der Waals surface area (Å²) < 4.78 is 5.23. The van der Waals surface area contributed by atoms with Crippen molar-refractivity contribution in [2.45, 2.75) is 73.6 Å². The van der Waals surface area contributed by atoms with Crippen molar-refractivity contribution in [2.75, 3.05) is 0 Å². The average Bonchev–Trinajstić information content (AvgIpc) is 2.67. The molecule has 1 aromatic rings. The maximum absolute atomic E-state index is 5.23. The van der Waals surface area contributed by atoms with Crippen LogP contribution in [0.1, 0.15) is 77.8 Å². The fourth-order valence-electron chi connectivity index (χ4n) is 1.66. The number of hydrogen-bond donors (Lipinski definition) is 2. The van der Waals surface area contributed by atoms with Gasteiger partial charge in [0.25, 0.3) is 0 Å². The van der Waals surface area contributed by atoms with Gasteiger partial charge in [0.2, 0.25) is 0 Å². The summed E-state index contributed by atoms with van der Waals surface area (Å²) in [6.07, 6.45) is 15.0. The van der Waals surface area contributed by atoms with Crippen molar-refractivity contribution < 1.29 is 4.74 Å². The zero-order valence-corrected chi connectivity index (χ0v) is 18.7. The monoisotopic (exact) mass is 388 g/mol. The number of guanidine groups is 1. The maximum atomic E-state index is 5.23. The quantitative estimate of drug-likeness (QED) is 0.321. The minimum absolute atomic E-state index is 0.0292. The molecule has 28 heavy (non-hydrogen) atoms. The predicted molar refractivity (Wildman–Crippen MR) is 124 cm³/mol. The number of pyridine rings is 1. The smallest absolute Gasteiger partial charge is 0.190 e. The van der Waals surface area contributed by atoms with Crippen molar-refractivity contribution in [1.82, 2.24) is 4.98 Å². The van der Waals surface area contributed by atoms with E-state index in [4.69, 9.17) is 16.2 Å². The zero-order valence-electron chi connectivity index (χ0n) is 18.7. The molecule has 5 nitrogen and oxygen atoms in total. The largest absolute Gasteiger partial charge is 0.468 e. The lowest BCUT2D eigenvalue weighted by Gasteiger charge is -2.03. The van der Waals surface area contributed by atoms with Gasteiger partial charge in [0, 0.05) is 18.8 Å². The van der Waals surface area contributed by atoms with E-state index in [0.717, 1.165) is 25.0 Å². The molecular formula is C23H40N4O. The molecule has 1 aromatic heterocycles. The highest BCUT2D eigenvalue weighted by Crippen LogP contribution is 2.08. The number of unbranched alkanes of at least 4 members (excludes halogenated alkanes) is 2. The van der Waals surface area contributed by atoms with Gasteiger partial charge in [0.1, 0.15) is 6.26 Å². The molecule has 1 rings (SSSR count). The van der Waals surface area contributed by atoms with E-state index in [1.54, 1.807) is 6.92 Å². The molecule has 0 atom stereocenters. The van der Waals surface area contributed by atoms with Gasteiger partial charge in [0.05, 0.1) is 11.5 Å². The van der Waals surface area contributed by atoms with Gasteiger partial charge >= 0.3 is 0 Å². The highest BCUT2D eigenvalue weighted by atomic mass is 16.5. The number of aryl methyl sites for hydroxylation is 1. The highest BCUT2D eigenvalue weighted by Gasteiger charge is 1.93. The normalized spacial score (nSPS) is 10.3. The Bertz CT molecular complexity index is 613. The van der Waals surface area contributed by atoms with Crippen molar-refractivity contribution in [1.29, 1.82) is 0 Å². The molecule has 0 unspecified atom stereocenters. The van der Waals surface area contributed by atoms with Crippen molar-refractivity contribution in [3.63, 3.8) is 0 Å². The summed E-state index contributed by atoms with van der Waals surface area (Å²) in [5, 5.41) is 0. The molecule has 0 amide bonds. The van der Waals surface area contributed by atoms with E-state index >= 15 is 0 Å². The number of aromatic nitrogens is 1. The number of allylic oxidation sites excluding steroid dienone is 3. The Labute approximate surface area is 172 Å². The topological polar surface area (TPSA) is 86.5 Å². The molecule has 0 aliphatic carbocycles. The summed E-state index contributed by atoms with van der Waals surface area (Å²) in [6, 6.07) is 2.01. The number of ether oxygens (including phenoxy) is 1. The van der Waals surface area contributed by atoms with E-state index in [1.165, 1.54) is 30.2 Å². The van der Waals surface area contributed by atoms with Crippen LogP contribution in [0.3, 0.4) is 0 Å². The molecule has 0 spiro atoms. The van der Waals surface area contributed by atoms with E-state index in [0.29, 0.717) is 5.70 Å². The van der Waals surface area contributed by atoms with E-state index < -0.39 is 0 Å². The number of nitrogens with two attached hydrogens (primary N) is 2. The second-order valence-electron chi connectivity index (χ2n) is 6.29. The molecule has 0 saturated carbocycles. The first kappa shape index (κ1) is 27.7. The molecule has 0 fully saturated rings. The van der Waals surface area contributed by atoms with Gasteiger partial charge in [-0.3, -0.25) is 4.98 Å². The summed E-state index contributed by atoms with van der Waals surface area (Å²) in [7, 11) is 0. The average molecular weight is 389 g/mol. The van der Waals surface area contributed by atoms with Crippen LogP contribution in [0.5, 0.6) is 0 Å². The molecular weight excluding hydrogens is 348 g/mol. The van der Waals surface area contributed by atoms with Gasteiger partial charge in [-0.05, 0) is 44.4 Å². The van der Waals surface area contributed by atoms with E-state index in [-0.39, 0.29) is 5.96 Å². The molecule has 0 saturated heterocycles. The standard InChI is InChI=1S/C10H19N3O.C9H11N.C4H10/c1-4-5-6-9(3)14-7-8(2)13-10(11)12;1-3-4-9-7-10-6-5-8(9)2;1-3-4-2/h7H,3-6H2,1-2H3,(H4,11,12,13);3-7H,1-2H3;3-4H2,1-2H3/b8-7+;4-3-;. The highest BCUT2D eigenvalue weighted by molar-refractivity contribution is 5.76. The number of rotatable bonds is 8. The van der Waals surface area contributed by atoms with Crippen LogP contribution < -0.4 is 11.5 Å².